The number of methoxy groups -OCH3 is 1. The predicted molar refractivity (Wildman–Crippen MR) is 115 cm³/mol. The van der Waals surface area contributed by atoms with Crippen LogP contribution in [0, 0.1) is 13.8 Å². The summed E-state index contributed by atoms with van der Waals surface area (Å²) in [6.45, 7) is 7.21. The number of rotatable bonds is 8. The first-order valence-corrected chi connectivity index (χ1v) is 9.63. The van der Waals surface area contributed by atoms with Crippen molar-refractivity contribution in [2.45, 2.75) is 33.9 Å². The van der Waals surface area contributed by atoms with Crippen LogP contribution in [0.1, 0.15) is 39.7 Å². The maximum absolute atomic E-state index is 12.3. The fourth-order valence-corrected chi connectivity index (χ4v) is 2.98. The number of carbonyl (C=O) groups excluding carboxylic acids is 1. The van der Waals surface area contributed by atoms with Crippen molar-refractivity contribution < 1.29 is 14.3 Å². The van der Waals surface area contributed by atoms with Crippen LogP contribution in [-0.4, -0.2) is 22.7 Å². The second kappa shape index (κ2) is 9.24. The van der Waals surface area contributed by atoms with E-state index in [9.17, 15) is 4.79 Å². The number of aryl methyl sites for hydroxylation is 2. The molecule has 0 atom stereocenters. The van der Waals surface area contributed by atoms with Crippen LogP contribution in [-0.2, 0) is 13.2 Å². The molecule has 0 amide bonds. The molecule has 0 fully saturated rings. The molecule has 0 aliphatic rings. The van der Waals surface area contributed by atoms with Gasteiger partial charge in [-0.25, -0.2) is 0 Å². The van der Waals surface area contributed by atoms with Crippen LogP contribution in [0.4, 0.5) is 0 Å². The van der Waals surface area contributed by atoms with E-state index in [0.717, 1.165) is 34.7 Å². The highest BCUT2D eigenvalue weighted by Crippen LogP contribution is 2.25. The molecule has 2 aromatic carbocycles. The van der Waals surface area contributed by atoms with Crippen molar-refractivity contribution in [3.8, 4) is 11.5 Å². The normalized spacial score (nSPS) is 11.0. The maximum atomic E-state index is 12.3. The molecule has 5 nitrogen and oxygen atoms in total. The van der Waals surface area contributed by atoms with E-state index >= 15 is 0 Å². The first kappa shape index (κ1) is 20.4. The third-order valence-corrected chi connectivity index (χ3v) is 4.89. The predicted octanol–water partition coefficient (Wildman–Crippen LogP) is 5.00. The Morgan fingerprint density at radius 2 is 1.97 bits per heavy atom. The quantitative estimate of drug-likeness (QED) is 0.401. The van der Waals surface area contributed by atoms with Gasteiger partial charge in [-0.15, -0.1) is 0 Å². The SMILES string of the molecule is CCn1ccc(C(=O)/C=C/c2ccc(OC)c(COc3cccc(C)c3C)c2)n1. The van der Waals surface area contributed by atoms with Crippen LogP contribution in [0.5, 0.6) is 11.5 Å². The summed E-state index contributed by atoms with van der Waals surface area (Å²) >= 11 is 0. The fraction of sp³-hybridized carbons (Fsp3) is 0.250. The number of nitrogens with zero attached hydrogens (tertiary/aromatic N) is 2. The minimum Gasteiger partial charge on any atom is -0.496 e. The van der Waals surface area contributed by atoms with Gasteiger partial charge in [-0.05, 0) is 67.8 Å². The minimum atomic E-state index is -0.124. The van der Waals surface area contributed by atoms with Gasteiger partial charge in [0.05, 0.1) is 7.11 Å². The lowest BCUT2D eigenvalue weighted by Gasteiger charge is -2.13. The van der Waals surface area contributed by atoms with Crippen molar-refractivity contribution in [1.29, 1.82) is 0 Å². The third kappa shape index (κ3) is 4.93. The Balaban J connectivity index is 1.75. The molecule has 1 heterocycles. The van der Waals surface area contributed by atoms with Crippen LogP contribution in [0.2, 0.25) is 0 Å². The van der Waals surface area contributed by atoms with Crippen molar-refractivity contribution in [3.63, 3.8) is 0 Å². The van der Waals surface area contributed by atoms with E-state index in [1.807, 2.05) is 44.2 Å². The lowest BCUT2D eigenvalue weighted by atomic mass is 10.1. The first-order valence-electron chi connectivity index (χ1n) is 9.63. The standard InChI is InChI=1S/C24H26N2O3/c1-5-26-14-13-21(25-26)22(27)11-9-19-10-12-24(28-4)20(15-19)16-29-23-8-6-7-17(2)18(23)3/h6-15H,5,16H2,1-4H3/b11-9+. The molecule has 0 aliphatic heterocycles. The highest BCUT2D eigenvalue weighted by molar-refractivity contribution is 6.05. The Morgan fingerprint density at radius 1 is 1.14 bits per heavy atom. The lowest BCUT2D eigenvalue weighted by Crippen LogP contribution is -2.01. The minimum absolute atomic E-state index is 0.124. The molecular weight excluding hydrogens is 364 g/mol. The molecule has 0 bridgehead atoms. The fourth-order valence-electron chi connectivity index (χ4n) is 2.98. The summed E-state index contributed by atoms with van der Waals surface area (Å²) in [5.41, 5.74) is 4.57. The van der Waals surface area contributed by atoms with E-state index < -0.39 is 0 Å². The van der Waals surface area contributed by atoms with E-state index in [0.29, 0.717) is 12.3 Å². The van der Waals surface area contributed by atoms with Crippen molar-refractivity contribution >= 4 is 11.9 Å². The Labute approximate surface area is 171 Å². The largest absolute Gasteiger partial charge is 0.496 e. The van der Waals surface area contributed by atoms with Crippen molar-refractivity contribution in [1.82, 2.24) is 9.78 Å². The monoisotopic (exact) mass is 390 g/mol. The Hall–Kier alpha value is -3.34. The summed E-state index contributed by atoms with van der Waals surface area (Å²) in [4.78, 5) is 12.3. The van der Waals surface area contributed by atoms with E-state index in [1.54, 1.807) is 36.2 Å². The lowest BCUT2D eigenvalue weighted by molar-refractivity contribution is 0.104. The maximum Gasteiger partial charge on any atom is 0.206 e. The molecule has 0 saturated heterocycles. The van der Waals surface area contributed by atoms with E-state index in [4.69, 9.17) is 9.47 Å². The number of carbonyl (C=O) groups is 1. The number of benzene rings is 2. The van der Waals surface area contributed by atoms with Gasteiger partial charge in [0.15, 0.2) is 0 Å². The highest BCUT2D eigenvalue weighted by atomic mass is 16.5. The molecular formula is C24H26N2O3. The van der Waals surface area contributed by atoms with Gasteiger partial charge < -0.3 is 9.47 Å². The number of hydrogen-bond donors (Lipinski definition) is 0. The van der Waals surface area contributed by atoms with Gasteiger partial charge in [0.25, 0.3) is 0 Å². The number of ether oxygens (including phenoxy) is 2. The Bertz CT molecular complexity index is 1030. The summed E-state index contributed by atoms with van der Waals surface area (Å²) < 4.78 is 13.2. The molecule has 5 heteroatoms. The zero-order valence-electron chi connectivity index (χ0n) is 17.3. The zero-order valence-corrected chi connectivity index (χ0v) is 17.3. The number of allylic oxidation sites excluding steroid dienone is 1. The van der Waals surface area contributed by atoms with E-state index in [1.165, 1.54) is 5.56 Å². The molecule has 29 heavy (non-hydrogen) atoms. The van der Waals surface area contributed by atoms with Gasteiger partial charge in [-0.1, -0.05) is 24.3 Å². The Kier molecular flexibility index (Phi) is 6.50. The molecule has 0 saturated carbocycles. The second-order valence-electron chi connectivity index (χ2n) is 6.81. The van der Waals surface area contributed by atoms with Crippen LogP contribution < -0.4 is 9.47 Å². The summed E-state index contributed by atoms with van der Waals surface area (Å²) in [5.74, 6) is 1.48. The summed E-state index contributed by atoms with van der Waals surface area (Å²) in [7, 11) is 1.64. The highest BCUT2D eigenvalue weighted by Gasteiger charge is 2.09. The Morgan fingerprint density at radius 3 is 2.69 bits per heavy atom. The molecule has 0 unspecified atom stereocenters. The molecule has 3 rings (SSSR count). The van der Waals surface area contributed by atoms with Crippen molar-refractivity contribution in [2.24, 2.45) is 0 Å². The van der Waals surface area contributed by atoms with Gasteiger partial charge in [0, 0.05) is 18.3 Å². The third-order valence-electron chi connectivity index (χ3n) is 4.89. The van der Waals surface area contributed by atoms with E-state index in [2.05, 4.69) is 18.1 Å². The molecule has 3 aromatic rings. The zero-order chi connectivity index (χ0) is 20.8. The van der Waals surface area contributed by atoms with Gasteiger partial charge >= 0.3 is 0 Å². The van der Waals surface area contributed by atoms with Gasteiger partial charge in [0.1, 0.15) is 23.8 Å². The van der Waals surface area contributed by atoms with Crippen LogP contribution in [0.3, 0.4) is 0 Å². The topological polar surface area (TPSA) is 53.4 Å². The average molecular weight is 390 g/mol. The van der Waals surface area contributed by atoms with Crippen LogP contribution >= 0.6 is 0 Å². The van der Waals surface area contributed by atoms with Crippen molar-refractivity contribution in [2.75, 3.05) is 7.11 Å². The molecule has 0 N–H and O–H groups in total. The van der Waals surface area contributed by atoms with Crippen LogP contribution in [0.25, 0.3) is 6.08 Å². The number of hydrogen-bond acceptors (Lipinski definition) is 4. The second-order valence-corrected chi connectivity index (χ2v) is 6.81. The van der Waals surface area contributed by atoms with Gasteiger partial charge in [0.2, 0.25) is 5.78 Å². The first-order chi connectivity index (χ1) is 14.0. The summed E-state index contributed by atoms with van der Waals surface area (Å²) in [6.07, 6.45) is 5.13. The molecule has 0 aliphatic carbocycles. The smallest absolute Gasteiger partial charge is 0.206 e. The molecule has 0 radical (unpaired) electrons. The number of ketones is 1. The summed E-state index contributed by atoms with van der Waals surface area (Å²) in [5, 5.41) is 4.24. The van der Waals surface area contributed by atoms with Gasteiger partial charge in [-0.2, -0.15) is 5.10 Å². The molecule has 150 valence electrons. The number of aromatic nitrogens is 2. The van der Waals surface area contributed by atoms with E-state index in [-0.39, 0.29) is 5.78 Å². The molecule has 1 aromatic heterocycles. The average Bonchev–Trinajstić information content (AvgIpc) is 3.22. The van der Waals surface area contributed by atoms with Crippen molar-refractivity contribution in [3.05, 3.63) is 82.7 Å². The molecule has 0 spiro atoms. The van der Waals surface area contributed by atoms with Gasteiger partial charge in [-0.3, -0.25) is 9.48 Å². The summed E-state index contributed by atoms with van der Waals surface area (Å²) in [6, 6.07) is 13.5. The van der Waals surface area contributed by atoms with Crippen LogP contribution in [0.15, 0.2) is 54.7 Å².